The molecule has 3 N–H and O–H groups in total. The number of cyclic esters (lactones) is 1. The van der Waals surface area contributed by atoms with Gasteiger partial charge in [-0.1, -0.05) is 74.1 Å². The molecule has 1 saturated heterocycles. The fourth-order valence-electron chi connectivity index (χ4n) is 5.64. The van der Waals surface area contributed by atoms with E-state index in [9.17, 15) is 24.3 Å². The molecule has 0 saturated carbocycles. The molecule has 2 aliphatic heterocycles. The second-order valence-electron chi connectivity index (χ2n) is 12.2. The van der Waals surface area contributed by atoms with E-state index in [1.54, 1.807) is 62.4 Å². The molecule has 12 nitrogen and oxygen atoms in total. The van der Waals surface area contributed by atoms with Gasteiger partial charge in [0.1, 0.15) is 18.4 Å². The fraction of sp³-hybridized carbons (Fsp3) is 0.417. The highest BCUT2D eigenvalue weighted by Gasteiger charge is 2.39. The van der Waals surface area contributed by atoms with E-state index in [4.69, 9.17) is 13.9 Å². The number of aliphatic hydroxyl groups is 1. The highest BCUT2D eigenvalue weighted by molar-refractivity contribution is 5.95. The van der Waals surface area contributed by atoms with Crippen molar-refractivity contribution in [2.24, 2.45) is 11.8 Å². The summed E-state index contributed by atoms with van der Waals surface area (Å²) >= 11 is 0. The van der Waals surface area contributed by atoms with Gasteiger partial charge in [-0.05, 0) is 44.4 Å². The Morgan fingerprint density at radius 3 is 2.77 bits per heavy atom. The topological polar surface area (TPSA) is 160 Å². The highest BCUT2D eigenvalue weighted by Crippen LogP contribution is 2.26. The maximum Gasteiger partial charge on any atom is 0.411 e. The summed E-state index contributed by atoms with van der Waals surface area (Å²) in [6.07, 6.45) is 8.72. The predicted octanol–water partition coefficient (Wildman–Crippen LogP) is 4.75. The van der Waals surface area contributed by atoms with Crippen molar-refractivity contribution in [2.75, 3.05) is 25.0 Å². The Balaban J connectivity index is 1.54. The van der Waals surface area contributed by atoms with Gasteiger partial charge in [0, 0.05) is 37.0 Å². The smallest absolute Gasteiger partial charge is 0.411 e. The lowest BCUT2D eigenvalue weighted by Crippen LogP contribution is -2.44. The summed E-state index contributed by atoms with van der Waals surface area (Å²) in [4.78, 5) is 58.0. The Hall–Kier alpha value is -4.97. The van der Waals surface area contributed by atoms with E-state index in [2.05, 4.69) is 22.2 Å². The minimum atomic E-state index is -0.859. The summed E-state index contributed by atoms with van der Waals surface area (Å²) in [5, 5.41) is 15.9. The van der Waals surface area contributed by atoms with Gasteiger partial charge in [0.15, 0.2) is 11.6 Å². The Kier molecular flexibility index (Phi) is 12.9. The minimum Gasteiger partial charge on any atom is -0.460 e. The lowest BCUT2D eigenvalue weighted by atomic mass is 9.93. The largest absolute Gasteiger partial charge is 0.460 e. The standard InChI is InChI=1S/C36H44N4O8/c1-23-10-8-16-37-31(42)15-14-25(3)33(26(4)21-47-36(45)38-27-11-6-5-7-12-27)48-35(44)30-13-9-17-40(30)34(43)29-22-46-32(39-29)20-24(2)19-28(41)18-23/h5-8,10-12,14-15,18,22,25-26,28,30,33,41H,2,9,13,16-17,19-21H2,1,3-4H3,(H,37,42)(H,38,45)/b10-8+,15-14+,23-18+/t25-,26+,28-,30-,33+/m1/s1. The van der Waals surface area contributed by atoms with Gasteiger partial charge >= 0.3 is 12.1 Å². The molecule has 3 heterocycles. The number of nitrogens with zero attached hydrogens (tertiary/aromatic N) is 2. The van der Waals surface area contributed by atoms with Crippen LogP contribution in [0.2, 0.25) is 0 Å². The van der Waals surface area contributed by atoms with Crippen LogP contribution in [0.25, 0.3) is 0 Å². The van der Waals surface area contributed by atoms with Gasteiger partial charge in [0.2, 0.25) is 5.91 Å². The normalized spacial score (nSPS) is 26.2. The molecule has 48 heavy (non-hydrogen) atoms. The number of hydrogen-bond acceptors (Lipinski definition) is 9. The quantitative estimate of drug-likeness (QED) is 0.311. The molecule has 0 radical (unpaired) electrons. The number of ether oxygens (including phenoxy) is 2. The Labute approximate surface area is 280 Å². The third-order valence-corrected chi connectivity index (χ3v) is 8.07. The second kappa shape index (κ2) is 17.3. The SMILES string of the molecule is C=C1Cc2nc(co2)C(=O)N2CCC[C@@H]2C(=O)O[C@H]([C@@H](C)COC(=O)Nc2ccccc2)[C@H](C)/C=C/C(=O)NC/C=C/C(C)=C/[C@@H](O)C1. The first kappa shape index (κ1) is 35.9. The number of amides is 3. The van der Waals surface area contributed by atoms with Crippen LogP contribution >= 0.6 is 0 Å². The monoisotopic (exact) mass is 660 g/mol. The number of carbonyl (C=O) groups excluding carboxylic acids is 4. The van der Waals surface area contributed by atoms with Crippen LogP contribution in [-0.4, -0.2) is 76.8 Å². The molecule has 256 valence electrons. The minimum absolute atomic E-state index is 0.0578. The number of allylic oxidation sites excluding steroid dienone is 2. The van der Waals surface area contributed by atoms with Crippen LogP contribution in [0.1, 0.15) is 56.4 Å². The van der Waals surface area contributed by atoms with Crippen LogP contribution in [0.4, 0.5) is 10.5 Å². The van der Waals surface area contributed by atoms with Gasteiger partial charge in [-0.3, -0.25) is 14.9 Å². The molecular weight excluding hydrogens is 616 g/mol. The molecule has 1 aromatic carbocycles. The number of oxazole rings is 1. The summed E-state index contributed by atoms with van der Waals surface area (Å²) in [5.41, 5.74) is 2.09. The van der Waals surface area contributed by atoms with Crippen LogP contribution in [0, 0.1) is 11.8 Å². The van der Waals surface area contributed by atoms with Crippen LogP contribution in [0.15, 0.2) is 89.1 Å². The molecule has 2 aliphatic rings. The van der Waals surface area contributed by atoms with E-state index >= 15 is 0 Å². The van der Waals surface area contributed by atoms with E-state index in [-0.39, 0.29) is 43.5 Å². The van der Waals surface area contributed by atoms with E-state index in [0.717, 1.165) is 5.57 Å². The van der Waals surface area contributed by atoms with Crippen molar-refractivity contribution in [3.8, 4) is 0 Å². The number of rotatable bonds is 4. The van der Waals surface area contributed by atoms with Crippen molar-refractivity contribution >= 4 is 29.6 Å². The van der Waals surface area contributed by atoms with Crippen LogP contribution in [0.5, 0.6) is 0 Å². The zero-order valence-corrected chi connectivity index (χ0v) is 27.6. The average molecular weight is 661 g/mol. The number of hydrogen-bond donors (Lipinski definition) is 3. The molecule has 3 amide bonds. The van der Waals surface area contributed by atoms with Crippen molar-refractivity contribution in [3.05, 3.63) is 96.3 Å². The number of benzene rings is 1. The number of aliphatic hydroxyl groups excluding tert-OH is 1. The Bertz CT molecular complexity index is 1550. The Morgan fingerprint density at radius 2 is 2.00 bits per heavy atom. The lowest BCUT2D eigenvalue weighted by molar-refractivity contribution is -0.159. The van der Waals surface area contributed by atoms with Crippen molar-refractivity contribution in [1.82, 2.24) is 15.2 Å². The summed E-state index contributed by atoms with van der Waals surface area (Å²) in [6, 6.07) is 7.99. The van der Waals surface area contributed by atoms with E-state index in [1.807, 2.05) is 13.0 Å². The molecule has 0 aliphatic carbocycles. The molecule has 1 fully saturated rings. The van der Waals surface area contributed by atoms with Gasteiger partial charge in [0.25, 0.3) is 5.91 Å². The highest BCUT2D eigenvalue weighted by atomic mass is 16.6. The van der Waals surface area contributed by atoms with Crippen molar-refractivity contribution < 1.29 is 38.2 Å². The number of anilines is 1. The molecule has 1 aromatic heterocycles. The van der Waals surface area contributed by atoms with Gasteiger partial charge in [-0.15, -0.1) is 0 Å². The third-order valence-electron chi connectivity index (χ3n) is 8.07. The molecule has 2 aromatic rings. The van der Waals surface area contributed by atoms with Crippen LogP contribution in [0.3, 0.4) is 0 Å². The maximum absolute atomic E-state index is 13.7. The number of nitrogens with one attached hydrogen (secondary N) is 2. The van der Waals surface area contributed by atoms with Crippen molar-refractivity contribution in [3.63, 3.8) is 0 Å². The number of esters is 1. The Morgan fingerprint density at radius 1 is 1.23 bits per heavy atom. The first-order chi connectivity index (χ1) is 23.0. The van der Waals surface area contributed by atoms with Gasteiger partial charge in [-0.25, -0.2) is 14.6 Å². The van der Waals surface area contributed by atoms with E-state index in [0.29, 0.717) is 30.6 Å². The number of fused-ring (bicyclic) bond motifs is 3. The van der Waals surface area contributed by atoms with E-state index < -0.39 is 48.1 Å². The molecule has 0 unspecified atom stereocenters. The first-order valence-corrected chi connectivity index (χ1v) is 16.1. The zero-order chi connectivity index (χ0) is 34.6. The second-order valence-corrected chi connectivity index (χ2v) is 12.2. The molecule has 12 heteroatoms. The zero-order valence-electron chi connectivity index (χ0n) is 27.6. The number of carbonyl (C=O) groups is 4. The summed E-state index contributed by atoms with van der Waals surface area (Å²) < 4.78 is 17.1. The third kappa shape index (κ3) is 10.5. The molecular formula is C36H44N4O8. The fourth-order valence-corrected chi connectivity index (χ4v) is 5.64. The predicted molar refractivity (Wildman–Crippen MR) is 179 cm³/mol. The van der Waals surface area contributed by atoms with Crippen molar-refractivity contribution in [2.45, 2.75) is 64.7 Å². The number of para-hydroxylation sites is 1. The molecule has 2 bridgehead atoms. The summed E-state index contributed by atoms with van der Waals surface area (Å²) in [7, 11) is 0. The van der Waals surface area contributed by atoms with Gasteiger partial charge < -0.3 is 29.2 Å². The lowest BCUT2D eigenvalue weighted by Gasteiger charge is -2.30. The summed E-state index contributed by atoms with van der Waals surface area (Å²) in [6.45, 7) is 9.94. The van der Waals surface area contributed by atoms with Gasteiger partial charge in [0.05, 0.1) is 12.7 Å². The van der Waals surface area contributed by atoms with Crippen LogP contribution < -0.4 is 10.6 Å². The molecule has 4 rings (SSSR count). The number of aromatic nitrogens is 1. The molecule has 5 atom stereocenters. The van der Waals surface area contributed by atoms with E-state index in [1.165, 1.54) is 17.2 Å². The maximum atomic E-state index is 13.7. The average Bonchev–Trinajstić information content (AvgIpc) is 3.73. The molecule has 0 spiro atoms. The van der Waals surface area contributed by atoms with Gasteiger partial charge in [-0.2, -0.15) is 0 Å². The van der Waals surface area contributed by atoms with Crippen molar-refractivity contribution in [1.29, 1.82) is 0 Å². The van der Waals surface area contributed by atoms with Crippen LogP contribution in [-0.2, 0) is 25.5 Å². The summed E-state index contributed by atoms with van der Waals surface area (Å²) in [5.74, 6) is -2.08. The first-order valence-electron chi connectivity index (χ1n) is 16.1.